The van der Waals surface area contributed by atoms with Crippen LogP contribution >= 0.6 is 12.2 Å². The van der Waals surface area contributed by atoms with Crippen molar-refractivity contribution in [2.24, 2.45) is 0 Å². The average molecular weight is 435 g/mol. The minimum atomic E-state index is 0.0466. The molecule has 0 bridgehead atoms. The molecule has 2 aromatic heterocycles. The summed E-state index contributed by atoms with van der Waals surface area (Å²) in [5, 5.41) is 8.29. The zero-order chi connectivity index (χ0) is 22.0. The summed E-state index contributed by atoms with van der Waals surface area (Å²) in [5.74, 6) is 1.72. The van der Waals surface area contributed by atoms with E-state index in [4.69, 9.17) is 16.6 Å². The molecule has 0 aliphatic carbocycles. The van der Waals surface area contributed by atoms with E-state index in [0.717, 1.165) is 40.1 Å². The van der Waals surface area contributed by atoms with E-state index in [-0.39, 0.29) is 5.91 Å². The van der Waals surface area contributed by atoms with Crippen LogP contribution in [0.3, 0.4) is 0 Å². The van der Waals surface area contributed by atoms with Gasteiger partial charge in [0.05, 0.1) is 0 Å². The second-order valence-electron chi connectivity index (χ2n) is 7.72. The Morgan fingerprint density at radius 3 is 2.68 bits per heavy atom. The maximum atomic E-state index is 12.9. The Morgan fingerprint density at radius 1 is 1.19 bits per heavy atom. The second-order valence-corrected chi connectivity index (χ2v) is 8.11. The van der Waals surface area contributed by atoms with Crippen LogP contribution in [0.2, 0.25) is 0 Å². The number of furan rings is 1. The molecule has 160 valence electrons. The van der Waals surface area contributed by atoms with Gasteiger partial charge >= 0.3 is 0 Å². The maximum Gasteiger partial charge on any atom is 0.224 e. The number of hydrogen-bond acceptors (Lipinski definition) is 4. The van der Waals surface area contributed by atoms with E-state index in [1.807, 2.05) is 67.1 Å². The number of H-pyrrole nitrogens is 1. The van der Waals surface area contributed by atoms with Crippen LogP contribution in [-0.2, 0) is 24.3 Å². The van der Waals surface area contributed by atoms with Crippen molar-refractivity contribution >= 4 is 29.1 Å². The molecule has 2 heterocycles. The molecule has 1 amide bonds. The quantitative estimate of drug-likeness (QED) is 0.402. The highest BCUT2D eigenvalue weighted by atomic mass is 32.1. The number of aromatic nitrogens is 3. The Hall–Kier alpha value is -3.19. The number of fused-ring (bicyclic) bond motifs is 1. The molecular formula is C24H26N4O2S. The molecule has 1 N–H and O–H groups in total. The van der Waals surface area contributed by atoms with Crippen molar-refractivity contribution in [1.82, 2.24) is 19.7 Å². The average Bonchev–Trinajstić information content (AvgIpc) is 3.32. The normalized spacial score (nSPS) is 11.2. The van der Waals surface area contributed by atoms with Gasteiger partial charge in [-0.25, -0.2) is 0 Å². The third kappa shape index (κ3) is 4.32. The Balaban J connectivity index is 1.48. The Kier molecular flexibility index (Phi) is 6.04. The largest absolute Gasteiger partial charge is 0.461 e. The lowest BCUT2D eigenvalue weighted by molar-refractivity contribution is -0.130. The number of para-hydroxylation sites is 1. The molecule has 4 aromatic rings. The summed E-state index contributed by atoms with van der Waals surface area (Å²) >= 11 is 5.40. The Labute approximate surface area is 186 Å². The summed E-state index contributed by atoms with van der Waals surface area (Å²) in [4.78, 5) is 14.7. The molecule has 0 aliphatic heterocycles. The number of carbonyl (C=O) groups excluding carboxylic acids is 1. The number of aryl methyl sites for hydroxylation is 2. The lowest BCUT2D eigenvalue weighted by Crippen LogP contribution is -2.27. The van der Waals surface area contributed by atoms with E-state index in [2.05, 4.69) is 17.1 Å². The molecule has 0 aliphatic rings. The standard InChI is InChI=1S/C24H26N4O2S/c1-4-20-19(18-7-5-6-8-21(18)30-20)15-27(3)22(29)13-14-28-23(25-26-24(28)31)17-11-9-16(2)10-12-17/h5-12H,4,13-15H2,1-3H3,(H,26,31). The van der Waals surface area contributed by atoms with Gasteiger partial charge < -0.3 is 9.32 Å². The van der Waals surface area contributed by atoms with Gasteiger partial charge in [0, 0.05) is 49.5 Å². The topological polar surface area (TPSA) is 67.1 Å². The molecule has 7 heteroatoms. The van der Waals surface area contributed by atoms with E-state index < -0.39 is 0 Å². The number of hydrogen-bond donors (Lipinski definition) is 1. The van der Waals surface area contributed by atoms with Crippen molar-refractivity contribution < 1.29 is 9.21 Å². The fraction of sp³-hybridized carbons (Fsp3) is 0.292. The van der Waals surface area contributed by atoms with Crippen molar-refractivity contribution in [3.8, 4) is 11.4 Å². The molecule has 0 spiro atoms. The number of aromatic amines is 1. The molecule has 0 unspecified atom stereocenters. The highest BCUT2D eigenvalue weighted by Gasteiger charge is 2.18. The monoisotopic (exact) mass is 434 g/mol. The number of amides is 1. The van der Waals surface area contributed by atoms with Gasteiger partial charge in [-0.05, 0) is 25.2 Å². The number of carbonyl (C=O) groups is 1. The predicted molar refractivity (Wildman–Crippen MR) is 124 cm³/mol. The van der Waals surface area contributed by atoms with Gasteiger partial charge in [0.25, 0.3) is 0 Å². The van der Waals surface area contributed by atoms with Crippen LogP contribution in [0, 0.1) is 11.7 Å². The molecule has 2 aromatic carbocycles. The SMILES string of the molecule is CCc1oc2ccccc2c1CN(C)C(=O)CCn1c(-c2ccc(C)cc2)n[nH]c1=S. The van der Waals surface area contributed by atoms with Crippen molar-refractivity contribution in [3.05, 3.63) is 70.2 Å². The Morgan fingerprint density at radius 2 is 1.94 bits per heavy atom. The Bertz CT molecular complexity index is 1270. The van der Waals surface area contributed by atoms with E-state index in [1.165, 1.54) is 5.56 Å². The van der Waals surface area contributed by atoms with E-state index >= 15 is 0 Å². The summed E-state index contributed by atoms with van der Waals surface area (Å²) in [6.45, 7) is 5.09. The van der Waals surface area contributed by atoms with Crippen LogP contribution in [0.4, 0.5) is 0 Å². The van der Waals surface area contributed by atoms with E-state index in [0.29, 0.717) is 24.3 Å². The van der Waals surface area contributed by atoms with Crippen LogP contribution < -0.4 is 0 Å². The van der Waals surface area contributed by atoms with Gasteiger partial charge in [0.1, 0.15) is 11.3 Å². The summed E-state index contributed by atoms with van der Waals surface area (Å²) in [6.07, 6.45) is 1.12. The molecule has 31 heavy (non-hydrogen) atoms. The summed E-state index contributed by atoms with van der Waals surface area (Å²) in [5.41, 5.74) is 4.09. The molecule has 4 rings (SSSR count). The number of nitrogens with one attached hydrogen (secondary N) is 1. The fourth-order valence-electron chi connectivity index (χ4n) is 3.78. The van der Waals surface area contributed by atoms with Gasteiger partial charge in [0.2, 0.25) is 5.91 Å². The highest BCUT2D eigenvalue weighted by Crippen LogP contribution is 2.27. The van der Waals surface area contributed by atoms with E-state index in [1.54, 1.807) is 4.90 Å². The third-order valence-electron chi connectivity index (χ3n) is 5.54. The van der Waals surface area contributed by atoms with Crippen LogP contribution in [0.1, 0.15) is 30.2 Å². The first-order chi connectivity index (χ1) is 15.0. The minimum Gasteiger partial charge on any atom is -0.461 e. The molecule has 0 saturated carbocycles. The smallest absolute Gasteiger partial charge is 0.224 e. The molecule has 0 fully saturated rings. The lowest BCUT2D eigenvalue weighted by Gasteiger charge is -2.18. The summed E-state index contributed by atoms with van der Waals surface area (Å²) in [7, 11) is 1.83. The van der Waals surface area contributed by atoms with Gasteiger partial charge in [-0.2, -0.15) is 5.10 Å². The summed E-state index contributed by atoms with van der Waals surface area (Å²) in [6, 6.07) is 16.1. The number of benzene rings is 2. The minimum absolute atomic E-state index is 0.0466. The van der Waals surface area contributed by atoms with Crippen molar-refractivity contribution in [2.75, 3.05) is 7.05 Å². The van der Waals surface area contributed by atoms with Crippen molar-refractivity contribution in [3.63, 3.8) is 0 Å². The number of rotatable bonds is 7. The van der Waals surface area contributed by atoms with Gasteiger partial charge in [-0.3, -0.25) is 14.5 Å². The maximum absolute atomic E-state index is 12.9. The third-order valence-corrected chi connectivity index (χ3v) is 5.85. The summed E-state index contributed by atoms with van der Waals surface area (Å²) < 4.78 is 8.37. The van der Waals surface area contributed by atoms with Crippen molar-refractivity contribution in [1.29, 1.82) is 0 Å². The zero-order valence-electron chi connectivity index (χ0n) is 18.0. The molecule has 0 radical (unpaired) electrons. The fourth-order valence-corrected chi connectivity index (χ4v) is 4.00. The predicted octanol–water partition coefficient (Wildman–Crippen LogP) is 5.27. The van der Waals surface area contributed by atoms with Gasteiger partial charge in [-0.1, -0.05) is 55.0 Å². The van der Waals surface area contributed by atoms with Gasteiger partial charge in [0.15, 0.2) is 10.6 Å². The van der Waals surface area contributed by atoms with Crippen LogP contribution in [0.5, 0.6) is 0 Å². The number of nitrogens with zero attached hydrogens (tertiary/aromatic N) is 3. The van der Waals surface area contributed by atoms with Gasteiger partial charge in [-0.15, -0.1) is 0 Å². The molecule has 0 saturated heterocycles. The first kappa shape index (κ1) is 21.1. The zero-order valence-corrected chi connectivity index (χ0v) is 18.8. The molecular weight excluding hydrogens is 408 g/mol. The lowest BCUT2D eigenvalue weighted by atomic mass is 10.1. The van der Waals surface area contributed by atoms with Crippen LogP contribution in [0.25, 0.3) is 22.4 Å². The molecule has 6 nitrogen and oxygen atoms in total. The first-order valence-corrected chi connectivity index (χ1v) is 10.8. The highest BCUT2D eigenvalue weighted by molar-refractivity contribution is 7.71. The molecule has 0 atom stereocenters. The second kappa shape index (κ2) is 8.89. The van der Waals surface area contributed by atoms with Crippen molar-refractivity contribution in [2.45, 2.75) is 39.8 Å². The van der Waals surface area contributed by atoms with Crippen LogP contribution in [-0.4, -0.2) is 32.6 Å². The van der Waals surface area contributed by atoms with E-state index in [9.17, 15) is 4.79 Å². The first-order valence-electron chi connectivity index (χ1n) is 10.4. The van der Waals surface area contributed by atoms with Crippen LogP contribution in [0.15, 0.2) is 52.9 Å².